The van der Waals surface area contributed by atoms with E-state index in [1.807, 2.05) is 54.3 Å². The Kier molecular flexibility index (Phi) is 4.35. The van der Waals surface area contributed by atoms with Crippen LogP contribution in [0.5, 0.6) is 0 Å². The predicted molar refractivity (Wildman–Crippen MR) is 92.5 cm³/mol. The van der Waals surface area contributed by atoms with Crippen molar-refractivity contribution < 1.29 is 9.90 Å². The number of anilines is 2. The molecule has 4 heteroatoms. The molecule has 1 aliphatic heterocycles. The predicted octanol–water partition coefficient (Wildman–Crippen LogP) is 2.96. The minimum absolute atomic E-state index is 0.00557. The molecule has 0 saturated carbocycles. The lowest BCUT2D eigenvalue weighted by molar-refractivity contribution is -0.119. The summed E-state index contributed by atoms with van der Waals surface area (Å²) in [4.78, 5) is 14.8. The first-order valence-electron chi connectivity index (χ1n) is 7.97. The Balaban J connectivity index is 1.77. The molecular formula is C19H22N2O2. The zero-order valence-corrected chi connectivity index (χ0v) is 13.5. The van der Waals surface area contributed by atoms with Crippen LogP contribution < -0.4 is 10.2 Å². The van der Waals surface area contributed by atoms with Gasteiger partial charge in [-0.05, 0) is 49.6 Å². The molecule has 0 saturated heterocycles. The maximum atomic E-state index is 12.9. The number of hydrogen-bond donors (Lipinski definition) is 2. The third-order valence-corrected chi connectivity index (χ3v) is 4.31. The molecule has 1 amide bonds. The fourth-order valence-corrected chi connectivity index (χ4v) is 3.18. The second kappa shape index (κ2) is 6.42. The van der Waals surface area contributed by atoms with Gasteiger partial charge in [-0.15, -0.1) is 0 Å². The van der Waals surface area contributed by atoms with Crippen molar-refractivity contribution in [1.82, 2.24) is 0 Å². The van der Waals surface area contributed by atoms with Gasteiger partial charge in [0.15, 0.2) is 0 Å². The first-order valence-corrected chi connectivity index (χ1v) is 7.97. The van der Waals surface area contributed by atoms with E-state index in [0.717, 1.165) is 23.4 Å². The summed E-state index contributed by atoms with van der Waals surface area (Å²) < 4.78 is 0. The number of carbonyl (C=O) groups excluding carboxylic acids is 1. The topological polar surface area (TPSA) is 52.6 Å². The highest BCUT2D eigenvalue weighted by molar-refractivity contribution is 6.00. The van der Waals surface area contributed by atoms with Crippen molar-refractivity contribution in [1.29, 1.82) is 0 Å². The Morgan fingerprint density at radius 1 is 1.30 bits per heavy atom. The molecule has 0 aromatic heterocycles. The third-order valence-electron chi connectivity index (χ3n) is 4.31. The zero-order valence-electron chi connectivity index (χ0n) is 13.5. The van der Waals surface area contributed by atoms with Crippen molar-refractivity contribution in [2.45, 2.75) is 39.0 Å². The summed E-state index contributed by atoms with van der Waals surface area (Å²) in [7, 11) is 0. The van der Waals surface area contributed by atoms with E-state index in [0.29, 0.717) is 0 Å². The lowest BCUT2D eigenvalue weighted by Gasteiger charge is -2.27. The standard InChI is InChI=1S/C19H22N2O2/c1-13-10-16-7-3-4-9-18(16)21(13)19(23)14(2)20-17-8-5-6-15(11-17)12-22/h3-9,11,13-14,20,22H,10,12H2,1-2H3/t13-,14+/m0/s1. The summed E-state index contributed by atoms with van der Waals surface area (Å²) in [5, 5.41) is 12.5. The molecule has 0 spiro atoms. The third kappa shape index (κ3) is 3.08. The van der Waals surface area contributed by atoms with Gasteiger partial charge >= 0.3 is 0 Å². The van der Waals surface area contributed by atoms with Crippen LogP contribution in [0.3, 0.4) is 0 Å². The lowest BCUT2D eigenvalue weighted by atomic mass is 10.1. The molecular weight excluding hydrogens is 288 g/mol. The Hall–Kier alpha value is -2.33. The molecule has 0 radical (unpaired) electrons. The smallest absolute Gasteiger partial charge is 0.249 e. The van der Waals surface area contributed by atoms with Crippen molar-refractivity contribution in [3.8, 4) is 0 Å². The molecule has 0 bridgehead atoms. The highest BCUT2D eigenvalue weighted by atomic mass is 16.3. The Bertz CT molecular complexity index is 714. The number of aliphatic hydroxyl groups is 1. The summed E-state index contributed by atoms with van der Waals surface area (Å²) in [6.07, 6.45) is 0.897. The second-order valence-corrected chi connectivity index (χ2v) is 6.11. The SMILES string of the molecule is C[C@@H](Nc1cccc(CO)c1)C(=O)N1c2ccccc2C[C@@H]1C. The average Bonchev–Trinajstić information content (AvgIpc) is 2.90. The molecule has 2 aromatic carbocycles. The van der Waals surface area contributed by atoms with Crippen molar-refractivity contribution in [2.75, 3.05) is 10.2 Å². The van der Waals surface area contributed by atoms with E-state index < -0.39 is 0 Å². The van der Waals surface area contributed by atoms with Gasteiger partial charge in [-0.2, -0.15) is 0 Å². The molecule has 0 unspecified atom stereocenters. The van der Waals surface area contributed by atoms with Crippen molar-refractivity contribution in [2.24, 2.45) is 0 Å². The van der Waals surface area contributed by atoms with Gasteiger partial charge < -0.3 is 15.3 Å². The number of carbonyl (C=O) groups is 1. The van der Waals surface area contributed by atoms with Gasteiger partial charge in [0, 0.05) is 17.4 Å². The maximum Gasteiger partial charge on any atom is 0.249 e. The van der Waals surface area contributed by atoms with Crippen LogP contribution in [0.25, 0.3) is 0 Å². The number of nitrogens with zero attached hydrogens (tertiary/aromatic N) is 1. The number of aliphatic hydroxyl groups excluding tert-OH is 1. The minimum Gasteiger partial charge on any atom is -0.392 e. The maximum absolute atomic E-state index is 12.9. The Morgan fingerprint density at radius 2 is 2.09 bits per heavy atom. The number of hydrogen-bond acceptors (Lipinski definition) is 3. The van der Waals surface area contributed by atoms with Crippen LogP contribution in [0.4, 0.5) is 11.4 Å². The molecule has 23 heavy (non-hydrogen) atoms. The molecule has 2 atom stereocenters. The van der Waals surface area contributed by atoms with Gasteiger partial charge in [0.2, 0.25) is 5.91 Å². The number of benzene rings is 2. The van der Waals surface area contributed by atoms with Gasteiger partial charge in [-0.1, -0.05) is 30.3 Å². The molecule has 1 aliphatic rings. The van der Waals surface area contributed by atoms with Crippen molar-refractivity contribution >= 4 is 17.3 Å². The monoisotopic (exact) mass is 310 g/mol. The Morgan fingerprint density at radius 3 is 2.87 bits per heavy atom. The van der Waals surface area contributed by atoms with Crippen LogP contribution in [0, 0.1) is 0 Å². The van der Waals surface area contributed by atoms with Gasteiger partial charge in [0.25, 0.3) is 0 Å². The first kappa shape index (κ1) is 15.6. The number of para-hydroxylation sites is 1. The van der Waals surface area contributed by atoms with E-state index in [1.54, 1.807) is 0 Å². The number of rotatable bonds is 4. The highest BCUT2D eigenvalue weighted by Gasteiger charge is 2.32. The van der Waals surface area contributed by atoms with E-state index in [9.17, 15) is 9.90 Å². The molecule has 0 fully saturated rings. The molecule has 2 aromatic rings. The van der Waals surface area contributed by atoms with Crippen LogP contribution in [0.2, 0.25) is 0 Å². The van der Waals surface area contributed by atoms with E-state index in [4.69, 9.17) is 0 Å². The molecule has 120 valence electrons. The van der Waals surface area contributed by atoms with Crippen molar-refractivity contribution in [3.63, 3.8) is 0 Å². The summed E-state index contributed by atoms with van der Waals surface area (Å²) in [5.74, 6) is 0.0665. The van der Waals surface area contributed by atoms with E-state index in [-0.39, 0.29) is 24.6 Å². The fraction of sp³-hybridized carbons (Fsp3) is 0.316. The highest BCUT2D eigenvalue weighted by Crippen LogP contribution is 2.32. The quantitative estimate of drug-likeness (QED) is 0.913. The van der Waals surface area contributed by atoms with Crippen LogP contribution in [0.15, 0.2) is 48.5 Å². The summed E-state index contributed by atoms with van der Waals surface area (Å²) in [6.45, 7) is 3.95. The lowest BCUT2D eigenvalue weighted by Crippen LogP contribution is -2.44. The summed E-state index contributed by atoms with van der Waals surface area (Å²) in [5.41, 5.74) is 3.91. The van der Waals surface area contributed by atoms with Gasteiger partial charge in [-0.25, -0.2) is 0 Å². The van der Waals surface area contributed by atoms with Crippen molar-refractivity contribution in [3.05, 3.63) is 59.7 Å². The van der Waals surface area contributed by atoms with E-state index >= 15 is 0 Å². The van der Waals surface area contributed by atoms with E-state index in [2.05, 4.69) is 18.3 Å². The van der Waals surface area contributed by atoms with Crippen LogP contribution >= 0.6 is 0 Å². The number of amides is 1. The summed E-state index contributed by atoms with van der Waals surface area (Å²) in [6, 6.07) is 15.4. The molecule has 0 aliphatic carbocycles. The minimum atomic E-state index is -0.336. The Labute approximate surface area is 136 Å². The van der Waals surface area contributed by atoms with Crippen LogP contribution in [0.1, 0.15) is 25.0 Å². The average molecular weight is 310 g/mol. The molecule has 1 heterocycles. The van der Waals surface area contributed by atoms with Gasteiger partial charge in [0.1, 0.15) is 6.04 Å². The zero-order chi connectivity index (χ0) is 16.4. The fourth-order valence-electron chi connectivity index (χ4n) is 3.18. The van der Waals surface area contributed by atoms with Crippen LogP contribution in [-0.4, -0.2) is 23.1 Å². The largest absolute Gasteiger partial charge is 0.392 e. The second-order valence-electron chi connectivity index (χ2n) is 6.11. The number of fused-ring (bicyclic) bond motifs is 1. The first-order chi connectivity index (χ1) is 11.1. The number of nitrogens with one attached hydrogen (secondary N) is 1. The normalized spacial score (nSPS) is 17.7. The van der Waals surface area contributed by atoms with Gasteiger partial charge in [-0.3, -0.25) is 4.79 Å². The molecule has 4 nitrogen and oxygen atoms in total. The molecule has 3 rings (SSSR count). The van der Waals surface area contributed by atoms with E-state index in [1.165, 1.54) is 5.56 Å². The van der Waals surface area contributed by atoms with Gasteiger partial charge in [0.05, 0.1) is 6.61 Å². The molecule has 2 N–H and O–H groups in total. The van der Waals surface area contributed by atoms with Crippen LogP contribution in [-0.2, 0) is 17.8 Å². The summed E-state index contributed by atoms with van der Waals surface area (Å²) >= 11 is 0.